The largest absolute Gasteiger partial charge is 0.339 e. The number of benzene rings is 2. The standard InChI is InChI=1S/C25H17FN4O2/c26-21-6-4-18(5-7-21)19-10-13-29-24(16-28-25(29)15-19)20-2-1-3-23(14-20)30(32-17-31)22-8-11-27-12-9-22/h1-17H. The lowest BCUT2D eigenvalue weighted by molar-refractivity contribution is -0.128. The molecule has 3 aromatic heterocycles. The summed E-state index contributed by atoms with van der Waals surface area (Å²) in [6.45, 7) is 0.387. The average molecular weight is 424 g/mol. The van der Waals surface area contributed by atoms with Gasteiger partial charge in [-0.25, -0.2) is 9.37 Å². The number of aromatic nitrogens is 3. The van der Waals surface area contributed by atoms with Gasteiger partial charge in [0.1, 0.15) is 11.5 Å². The Hall–Kier alpha value is -4.52. The minimum absolute atomic E-state index is 0.267. The smallest absolute Gasteiger partial charge is 0.321 e. The van der Waals surface area contributed by atoms with Crippen molar-refractivity contribution in [3.63, 3.8) is 0 Å². The SMILES string of the molecule is O=CON(c1ccncc1)c1cccc(-c2cnc3cc(-c4ccc(F)cc4)ccn23)c1. The van der Waals surface area contributed by atoms with E-state index in [1.165, 1.54) is 17.2 Å². The minimum atomic E-state index is -0.267. The zero-order chi connectivity index (χ0) is 21.9. The molecule has 0 aliphatic carbocycles. The van der Waals surface area contributed by atoms with Gasteiger partial charge in [0.05, 0.1) is 23.3 Å². The Morgan fingerprint density at radius 1 is 0.875 bits per heavy atom. The number of hydrogen-bond acceptors (Lipinski definition) is 5. The van der Waals surface area contributed by atoms with Gasteiger partial charge in [-0.3, -0.25) is 14.2 Å². The number of anilines is 2. The van der Waals surface area contributed by atoms with Gasteiger partial charge in [0.15, 0.2) is 0 Å². The van der Waals surface area contributed by atoms with Crippen LogP contribution in [0.1, 0.15) is 0 Å². The van der Waals surface area contributed by atoms with Crippen LogP contribution in [0.2, 0.25) is 0 Å². The molecule has 0 unspecified atom stereocenters. The number of nitrogens with zero attached hydrogens (tertiary/aromatic N) is 4. The lowest BCUT2D eigenvalue weighted by Gasteiger charge is -2.21. The summed E-state index contributed by atoms with van der Waals surface area (Å²) in [5, 5.41) is 1.44. The molecular formula is C25H17FN4O2. The number of pyridine rings is 2. The number of carbonyl (C=O) groups is 1. The first-order valence-electron chi connectivity index (χ1n) is 9.87. The zero-order valence-corrected chi connectivity index (χ0v) is 16.8. The third kappa shape index (κ3) is 3.67. The van der Waals surface area contributed by atoms with E-state index < -0.39 is 0 Å². The van der Waals surface area contributed by atoms with E-state index in [1.807, 2.05) is 47.0 Å². The normalized spacial score (nSPS) is 10.8. The molecule has 3 heterocycles. The molecule has 0 amide bonds. The molecular weight excluding hydrogens is 407 g/mol. The molecule has 5 rings (SSSR count). The molecule has 0 N–H and O–H groups in total. The maximum absolute atomic E-state index is 13.2. The topological polar surface area (TPSA) is 59.7 Å². The third-order valence-electron chi connectivity index (χ3n) is 5.11. The van der Waals surface area contributed by atoms with Gasteiger partial charge < -0.3 is 4.84 Å². The van der Waals surface area contributed by atoms with Crippen LogP contribution in [0.25, 0.3) is 28.0 Å². The quantitative estimate of drug-likeness (QED) is 0.269. The van der Waals surface area contributed by atoms with Crippen LogP contribution < -0.4 is 5.06 Å². The summed E-state index contributed by atoms with van der Waals surface area (Å²) in [7, 11) is 0. The van der Waals surface area contributed by atoms with Crippen molar-refractivity contribution in [3.05, 3.63) is 103 Å². The van der Waals surface area contributed by atoms with E-state index >= 15 is 0 Å². The second-order valence-corrected chi connectivity index (χ2v) is 7.05. The Balaban J connectivity index is 1.53. The molecule has 0 aliphatic heterocycles. The number of hydrogen-bond donors (Lipinski definition) is 0. The zero-order valence-electron chi connectivity index (χ0n) is 16.8. The van der Waals surface area contributed by atoms with E-state index in [0.29, 0.717) is 17.8 Å². The summed E-state index contributed by atoms with van der Waals surface area (Å²) in [4.78, 5) is 24.9. The van der Waals surface area contributed by atoms with E-state index in [0.717, 1.165) is 28.0 Å². The fraction of sp³-hybridized carbons (Fsp3) is 0. The fourth-order valence-corrected chi connectivity index (χ4v) is 3.60. The van der Waals surface area contributed by atoms with Crippen LogP contribution in [0.3, 0.4) is 0 Å². The highest BCUT2D eigenvalue weighted by Crippen LogP contribution is 2.31. The van der Waals surface area contributed by atoms with Crippen molar-refractivity contribution in [1.82, 2.24) is 14.4 Å². The number of fused-ring (bicyclic) bond motifs is 1. The van der Waals surface area contributed by atoms with E-state index in [4.69, 9.17) is 4.84 Å². The predicted octanol–water partition coefficient (Wildman–Crippen LogP) is 5.43. The molecule has 0 saturated heterocycles. The first kappa shape index (κ1) is 19.4. The summed E-state index contributed by atoms with van der Waals surface area (Å²) in [5.74, 6) is -0.267. The van der Waals surface area contributed by atoms with E-state index in [-0.39, 0.29) is 5.82 Å². The van der Waals surface area contributed by atoms with Gasteiger partial charge in [0.2, 0.25) is 0 Å². The lowest BCUT2D eigenvalue weighted by atomic mass is 10.1. The highest BCUT2D eigenvalue weighted by atomic mass is 19.1. The van der Waals surface area contributed by atoms with E-state index in [9.17, 15) is 9.18 Å². The second kappa shape index (κ2) is 8.31. The predicted molar refractivity (Wildman–Crippen MR) is 120 cm³/mol. The van der Waals surface area contributed by atoms with Crippen LogP contribution >= 0.6 is 0 Å². The van der Waals surface area contributed by atoms with Gasteiger partial charge >= 0.3 is 6.47 Å². The van der Waals surface area contributed by atoms with Crippen molar-refractivity contribution in [2.24, 2.45) is 0 Å². The number of halogens is 1. The summed E-state index contributed by atoms with van der Waals surface area (Å²) in [6.07, 6.45) is 6.99. The van der Waals surface area contributed by atoms with Crippen LogP contribution in [0.4, 0.5) is 15.8 Å². The van der Waals surface area contributed by atoms with Crippen molar-refractivity contribution in [3.8, 4) is 22.4 Å². The molecule has 6 nitrogen and oxygen atoms in total. The van der Waals surface area contributed by atoms with Crippen molar-refractivity contribution in [1.29, 1.82) is 0 Å². The summed E-state index contributed by atoms with van der Waals surface area (Å²) in [5.41, 5.74) is 5.77. The van der Waals surface area contributed by atoms with Crippen LogP contribution in [0.5, 0.6) is 0 Å². The Morgan fingerprint density at radius 3 is 2.47 bits per heavy atom. The minimum Gasteiger partial charge on any atom is -0.339 e. The number of rotatable bonds is 6. The average Bonchev–Trinajstić information content (AvgIpc) is 3.27. The molecule has 0 fully saturated rings. The van der Waals surface area contributed by atoms with Crippen LogP contribution in [-0.4, -0.2) is 20.8 Å². The summed E-state index contributed by atoms with van der Waals surface area (Å²) < 4.78 is 15.2. The Bertz CT molecular complexity index is 1380. The van der Waals surface area contributed by atoms with Gasteiger partial charge in [0.25, 0.3) is 0 Å². The first-order chi connectivity index (χ1) is 15.7. The van der Waals surface area contributed by atoms with Crippen molar-refractivity contribution in [2.45, 2.75) is 0 Å². The maximum atomic E-state index is 13.2. The molecule has 0 bridgehead atoms. The second-order valence-electron chi connectivity index (χ2n) is 7.05. The Morgan fingerprint density at radius 2 is 1.69 bits per heavy atom. The van der Waals surface area contributed by atoms with Gasteiger partial charge in [-0.1, -0.05) is 24.3 Å². The van der Waals surface area contributed by atoms with Gasteiger partial charge in [0, 0.05) is 24.2 Å². The Labute approximate surface area is 183 Å². The van der Waals surface area contributed by atoms with Crippen molar-refractivity contribution >= 4 is 23.5 Å². The molecule has 0 aliphatic rings. The molecule has 0 atom stereocenters. The lowest BCUT2D eigenvalue weighted by Crippen LogP contribution is -2.16. The van der Waals surface area contributed by atoms with E-state index in [2.05, 4.69) is 9.97 Å². The highest BCUT2D eigenvalue weighted by molar-refractivity contribution is 5.74. The molecule has 0 saturated carbocycles. The highest BCUT2D eigenvalue weighted by Gasteiger charge is 2.14. The van der Waals surface area contributed by atoms with Crippen molar-refractivity contribution in [2.75, 3.05) is 5.06 Å². The number of carbonyl (C=O) groups excluding carboxylic acids is 1. The maximum Gasteiger partial charge on any atom is 0.321 e. The summed E-state index contributed by atoms with van der Waals surface area (Å²) in [6, 6.07) is 21.4. The molecule has 7 heteroatoms. The van der Waals surface area contributed by atoms with Crippen molar-refractivity contribution < 1.29 is 14.0 Å². The third-order valence-corrected chi connectivity index (χ3v) is 5.11. The molecule has 5 aromatic rings. The van der Waals surface area contributed by atoms with Crippen LogP contribution in [0, 0.1) is 5.82 Å². The molecule has 0 radical (unpaired) electrons. The fourth-order valence-electron chi connectivity index (χ4n) is 3.60. The first-order valence-corrected chi connectivity index (χ1v) is 9.87. The van der Waals surface area contributed by atoms with E-state index in [1.54, 1.807) is 42.9 Å². The monoisotopic (exact) mass is 424 g/mol. The number of imidazole rings is 1. The molecule has 32 heavy (non-hydrogen) atoms. The van der Waals surface area contributed by atoms with Crippen LogP contribution in [-0.2, 0) is 9.63 Å². The molecule has 2 aromatic carbocycles. The Kier molecular flexibility index (Phi) is 5.05. The van der Waals surface area contributed by atoms with Crippen LogP contribution in [0.15, 0.2) is 97.6 Å². The van der Waals surface area contributed by atoms with Gasteiger partial charge in [-0.2, -0.15) is 5.06 Å². The molecule has 156 valence electrons. The van der Waals surface area contributed by atoms with Gasteiger partial charge in [-0.15, -0.1) is 0 Å². The molecule has 0 spiro atoms. The van der Waals surface area contributed by atoms with Gasteiger partial charge in [-0.05, 0) is 59.7 Å². The summed E-state index contributed by atoms with van der Waals surface area (Å²) >= 11 is 0.